The predicted octanol–water partition coefficient (Wildman–Crippen LogP) is 3.30. The monoisotopic (exact) mass is 305 g/mol. The normalized spacial score (nSPS) is 18.2. The largest absolute Gasteiger partial charge is 0.503 e. The fourth-order valence-electron chi connectivity index (χ4n) is 2.71. The van der Waals surface area contributed by atoms with Gasteiger partial charge in [-0.15, -0.1) is 0 Å². The minimum absolute atomic E-state index is 0.00806. The number of rotatable bonds is 6. The molecule has 1 atom stereocenters. The maximum Gasteiger partial charge on any atom is 0.290 e. The van der Waals surface area contributed by atoms with E-state index in [0.717, 1.165) is 12.8 Å². The number of carbonyl (C=O) groups excluding carboxylic acids is 2. The van der Waals surface area contributed by atoms with E-state index in [4.69, 9.17) is 0 Å². The van der Waals surface area contributed by atoms with Crippen LogP contribution in [-0.4, -0.2) is 28.2 Å². The maximum absolute atomic E-state index is 14.2. The topological polar surface area (TPSA) is 57.6 Å². The third-order valence-electron chi connectivity index (χ3n) is 3.88. The number of hydrogen-bond donors (Lipinski definition) is 1. The van der Waals surface area contributed by atoms with Gasteiger partial charge in [0.05, 0.1) is 11.6 Å². The lowest BCUT2D eigenvalue weighted by atomic mass is 9.94. The van der Waals surface area contributed by atoms with Crippen LogP contribution in [0.25, 0.3) is 0 Å². The molecule has 1 heterocycles. The Bertz CT molecular complexity index is 624. The Morgan fingerprint density at radius 2 is 2.00 bits per heavy atom. The van der Waals surface area contributed by atoms with E-state index in [-0.39, 0.29) is 23.3 Å². The van der Waals surface area contributed by atoms with Gasteiger partial charge in [-0.3, -0.25) is 9.59 Å². The van der Waals surface area contributed by atoms with Gasteiger partial charge in [-0.2, -0.15) is 0 Å². The minimum atomic E-state index is -0.840. The highest BCUT2D eigenvalue weighted by atomic mass is 19.1. The molecule has 0 spiro atoms. The Labute approximate surface area is 129 Å². The van der Waals surface area contributed by atoms with Crippen molar-refractivity contribution < 1.29 is 19.1 Å². The molecular weight excluding hydrogens is 285 g/mol. The van der Waals surface area contributed by atoms with Gasteiger partial charge >= 0.3 is 0 Å². The standard InChI is InChI=1S/C17H20FNO3/c1-3-5-10-19-15(11-8-6-7-9-12(11)18)14(13(20)4-2)16(21)17(19)22/h6-9,15,21H,3-5,10H2,1-2H3. The van der Waals surface area contributed by atoms with Crippen LogP contribution in [0.4, 0.5) is 4.39 Å². The number of ketones is 1. The lowest BCUT2D eigenvalue weighted by Gasteiger charge is -2.27. The van der Waals surface area contributed by atoms with E-state index in [0.29, 0.717) is 6.54 Å². The molecule has 0 radical (unpaired) electrons. The van der Waals surface area contributed by atoms with Crippen molar-refractivity contribution in [2.75, 3.05) is 6.54 Å². The van der Waals surface area contributed by atoms with E-state index >= 15 is 0 Å². The van der Waals surface area contributed by atoms with Crippen molar-refractivity contribution in [2.45, 2.75) is 39.2 Å². The second-order valence-electron chi connectivity index (χ2n) is 5.32. The molecule has 2 rings (SSSR count). The molecule has 0 aromatic heterocycles. The van der Waals surface area contributed by atoms with Crippen molar-refractivity contribution in [1.82, 2.24) is 4.90 Å². The molecule has 1 aromatic carbocycles. The van der Waals surface area contributed by atoms with Crippen molar-refractivity contribution in [3.8, 4) is 0 Å². The number of benzene rings is 1. The fraction of sp³-hybridized carbons (Fsp3) is 0.412. The Hall–Kier alpha value is -2.17. The summed E-state index contributed by atoms with van der Waals surface area (Å²) in [6.45, 7) is 4.00. The van der Waals surface area contributed by atoms with Crippen LogP contribution in [-0.2, 0) is 9.59 Å². The molecule has 1 unspecified atom stereocenters. The summed E-state index contributed by atoms with van der Waals surface area (Å²) in [6.07, 6.45) is 1.72. The van der Waals surface area contributed by atoms with Crippen molar-refractivity contribution in [2.24, 2.45) is 0 Å². The van der Waals surface area contributed by atoms with Crippen LogP contribution in [0.1, 0.15) is 44.7 Å². The molecule has 0 fully saturated rings. The molecular formula is C17H20FNO3. The summed E-state index contributed by atoms with van der Waals surface area (Å²) in [5.74, 6) is -1.97. The number of aliphatic hydroxyl groups is 1. The van der Waals surface area contributed by atoms with Gasteiger partial charge in [-0.1, -0.05) is 38.5 Å². The number of carbonyl (C=O) groups is 2. The zero-order valence-electron chi connectivity index (χ0n) is 12.8. The number of Topliss-reactive ketones (excluding diaryl/α,β-unsaturated/α-hetero) is 1. The van der Waals surface area contributed by atoms with Gasteiger partial charge in [0.2, 0.25) is 0 Å². The van der Waals surface area contributed by atoms with E-state index in [1.165, 1.54) is 11.0 Å². The van der Waals surface area contributed by atoms with E-state index in [2.05, 4.69) is 0 Å². The molecule has 5 heteroatoms. The molecule has 0 bridgehead atoms. The Morgan fingerprint density at radius 1 is 1.32 bits per heavy atom. The number of aliphatic hydroxyl groups excluding tert-OH is 1. The average molecular weight is 305 g/mol. The van der Waals surface area contributed by atoms with Crippen LogP contribution in [0.5, 0.6) is 0 Å². The molecule has 0 aliphatic carbocycles. The van der Waals surface area contributed by atoms with E-state index in [1.54, 1.807) is 25.1 Å². The number of nitrogens with zero attached hydrogens (tertiary/aromatic N) is 1. The first kappa shape index (κ1) is 16.2. The highest BCUT2D eigenvalue weighted by Crippen LogP contribution is 2.39. The highest BCUT2D eigenvalue weighted by Gasteiger charge is 2.43. The molecule has 0 saturated carbocycles. The molecule has 22 heavy (non-hydrogen) atoms. The minimum Gasteiger partial charge on any atom is -0.503 e. The SMILES string of the molecule is CCCCN1C(=O)C(O)=C(C(=O)CC)C1c1ccccc1F. The summed E-state index contributed by atoms with van der Waals surface area (Å²) in [4.78, 5) is 25.8. The first-order valence-electron chi connectivity index (χ1n) is 7.54. The number of halogens is 1. The second-order valence-corrected chi connectivity index (χ2v) is 5.32. The van der Waals surface area contributed by atoms with E-state index < -0.39 is 23.5 Å². The lowest BCUT2D eigenvalue weighted by Crippen LogP contribution is -2.32. The maximum atomic E-state index is 14.2. The van der Waals surface area contributed by atoms with Crippen LogP contribution >= 0.6 is 0 Å². The van der Waals surface area contributed by atoms with Crippen LogP contribution in [0.3, 0.4) is 0 Å². The third-order valence-corrected chi connectivity index (χ3v) is 3.88. The summed E-state index contributed by atoms with van der Waals surface area (Å²) in [7, 11) is 0. The van der Waals surface area contributed by atoms with Gasteiger partial charge in [-0.05, 0) is 12.5 Å². The van der Waals surface area contributed by atoms with Crippen molar-refractivity contribution in [1.29, 1.82) is 0 Å². The Kier molecular flexibility index (Phi) is 4.96. The van der Waals surface area contributed by atoms with Crippen molar-refractivity contribution in [3.63, 3.8) is 0 Å². The molecule has 1 N–H and O–H groups in total. The molecule has 1 aromatic rings. The first-order chi connectivity index (χ1) is 10.5. The molecule has 0 saturated heterocycles. The number of amides is 1. The van der Waals surface area contributed by atoms with Crippen LogP contribution in [0, 0.1) is 5.82 Å². The predicted molar refractivity (Wildman–Crippen MR) is 80.7 cm³/mol. The highest BCUT2D eigenvalue weighted by molar-refractivity contribution is 6.08. The smallest absolute Gasteiger partial charge is 0.290 e. The summed E-state index contributed by atoms with van der Waals surface area (Å²) in [6, 6.07) is 5.21. The summed E-state index contributed by atoms with van der Waals surface area (Å²) in [5, 5.41) is 10.1. The van der Waals surface area contributed by atoms with Crippen LogP contribution in [0.15, 0.2) is 35.6 Å². The van der Waals surface area contributed by atoms with Gasteiger partial charge in [-0.25, -0.2) is 4.39 Å². The van der Waals surface area contributed by atoms with Crippen molar-refractivity contribution >= 4 is 11.7 Å². The van der Waals surface area contributed by atoms with Gasteiger partial charge in [0.1, 0.15) is 5.82 Å². The molecule has 118 valence electrons. The molecule has 1 aliphatic rings. The number of unbranched alkanes of at least 4 members (excludes halogenated alkanes) is 1. The van der Waals surface area contributed by atoms with Crippen LogP contribution < -0.4 is 0 Å². The van der Waals surface area contributed by atoms with E-state index in [1.807, 2.05) is 6.92 Å². The Morgan fingerprint density at radius 3 is 2.59 bits per heavy atom. The average Bonchev–Trinajstić information content (AvgIpc) is 2.77. The van der Waals surface area contributed by atoms with Gasteiger partial charge in [0.25, 0.3) is 5.91 Å². The fourth-order valence-corrected chi connectivity index (χ4v) is 2.71. The number of hydrogen-bond acceptors (Lipinski definition) is 3. The van der Waals surface area contributed by atoms with Crippen molar-refractivity contribution in [3.05, 3.63) is 47.0 Å². The molecule has 1 aliphatic heterocycles. The summed E-state index contributed by atoms with van der Waals surface area (Å²) >= 11 is 0. The zero-order chi connectivity index (χ0) is 16.3. The first-order valence-corrected chi connectivity index (χ1v) is 7.54. The lowest BCUT2D eigenvalue weighted by molar-refractivity contribution is -0.129. The molecule has 1 amide bonds. The summed E-state index contributed by atoms with van der Waals surface area (Å²) < 4.78 is 14.2. The third kappa shape index (κ3) is 2.75. The molecule has 4 nitrogen and oxygen atoms in total. The quantitative estimate of drug-likeness (QED) is 0.877. The summed E-state index contributed by atoms with van der Waals surface area (Å²) in [5.41, 5.74) is 0.251. The van der Waals surface area contributed by atoms with Gasteiger partial charge in [0.15, 0.2) is 11.5 Å². The van der Waals surface area contributed by atoms with E-state index in [9.17, 15) is 19.1 Å². The van der Waals surface area contributed by atoms with Gasteiger partial charge < -0.3 is 10.0 Å². The van der Waals surface area contributed by atoms with Gasteiger partial charge in [0, 0.05) is 18.5 Å². The zero-order valence-corrected chi connectivity index (χ0v) is 12.8. The second kappa shape index (κ2) is 6.73. The van der Waals surface area contributed by atoms with Crippen LogP contribution in [0.2, 0.25) is 0 Å². The Balaban J connectivity index is 2.53.